The third-order valence-electron chi connectivity index (χ3n) is 1.97. The number of ether oxygens (including phenoxy) is 2. The molecular weight excluding hydrogens is 613 g/mol. The summed E-state index contributed by atoms with van der Waals surface area (Å²) in [6.45, 7) is 15.1. The van der Waals surface area contributed by atoms with Gasteiger partial charge in [0.15, 0.2) is 11.6 Å². The van der Waals surface area contributed by atoms with E-state index in [4.69, 9.17) is 68.5 Å². The minimum absolute atomic E-state index is 0.545. The fourth-order valence-corrected chi connectivity index (χ4v) is 1.33. The van der Waals surface area contributed by atoms with Gasteiger partial charge in [-0.2, -0.15) is 0 Å². The maximum absolute atomic E-state index is 10.5. The Bertz CT molecular complexity index is 404. The fourth-order valence-electron chi connectivity index (χ4n) is 0.948. The standard InChI is InChI=1S/C6H15N.C3HCl6O3.C3H5NO.C2H7N.2HPS/c1-4-7(5-2)6-3;4-2(5,6)11-1(10)12-3(7,8)9;1-2-4-3-5;1-2-3;2*1-2/h4-6H2,1-3H3;4H;2H2,1H3;2-3H2,1H3;2*1H/q;+1;;;;. The van der Waals surface area contributed by atoms with Gasteiger partial charge in [0.25, 0.3) is 0 Å². The summed E-state index contributed by atoms with van der Waals surface area (Å²) in [6, 6.07) is 0. The molecule has 0 unspecified atom stereocenters. The first-order valence-electron chi connectivity index (χ1n) is 8.21. The zero-order valence-electron chi connectivity index (χ0n) is 17.8. The highest BCUT2D eigenvalue weighted by Crippen LogP contribution is 2.29. The molecule has 31 heavy (non-hydrogen) atoms. The van der Waals surface area contributed by atoms with E-state index in [1.807, 2.05) is 6.92 Å². The van der Waals surface area contributed by atoms with Crippen LogP contribution in [0.25, 0.3) is 0 Å². The first kappa shape index (κ1) is 45.8. The second-order valence-electron chi connectivity index (χ2n) is 3.96. The molecule has 7 nitrogen and oxygen atoms in total. The topological polar surface area (TPSA) is 94.2 Å². The molecule has 0 fully saturated rings. The summed E-state index contributed by atoms with van der Waals surface area (Å²) in [7, 11) is 5.11. The minimum atomic E-state index is -2.23. The molecule has 0 aliphatic rings. The van der Waals surface area contributed by atoms with Gasteiger partial charge in [-0.15, -0.1) is 0 Å². The van der Waals surface area contributed by atoms with Gasteiger partial charge in [-0.1, -0.05) is 51.3 Å². The Labute approximate surface area is 230 Å². The van der Waals surface area contributed by atoms with Crippen molar-refractivity contribution in [2.75, 3.05) is 32.7 Å². The second-order valence-corrected chi connectivity index (χ2v) is 8.41. The Morgan fingerprint density at radius 3 is 1.42 bits per heavy atom. The van der Waals surface area contributed by atoms with Crippen molar-refractivity contribution >= 4 is 110 Å². The molecular formula is C14H30Cl6N3O4P2S2+. The molecule has 0 spiro atoms. The summed E-state index contributed by atoms with van der Waals surface area (Å²) in [5.74, 6) is 0. The van der Waals surface area contributed by atoms with Crippen molar-refractivity contribution in [3.05, 3.63) is 0 Å². The third kappa shape index (κ3) is 72.1. The van der Waals surface area contributed by atoms with Crippen LogP contribution in [0.15, 0.2) is 4.99 Å². The smallest absolute Gasteiger partial charge is 0.382 e. The van der Waals surface area contributed by atoms with Crippen LogP contribution in [0.1, 0.15) is 34.6 Å². The van der Waals surface area contributed by atoms with Crippen molar-refractivity contribution in [1.82, 2.24) is 4.90 Å². The van der Waals surface area contributed by atoms with Crippen molar-refractivity contribution in [2.24, 2.45) is 10.7 Å². The molecule has 0 rings (SSSR count). The molecule has 0 radical (unpaired) electrons. The predicted molar refractivity (Wildman–Crippen MR) is 142 cm³/mol. The highest BCUT2D eigenvalue weighted by atomic mass is 35.6. The maximum atomic E-state index is 10.5. The van der Waals surface area contributed by atoms with Crippen molar-refractivity contribution in [3.8, 4) is 0 Å². The summed E-state index contributed by atoms with van der Waals surface area (Å²) in [6.07, 6.45) is 0.0127. The van der Waals surface area contributed by atoms with Crippen molar-refractivity contribution in [3.63, 3.8) is 0 Å². The van der Waals surface area contributed by atoms with Crippen LogP contribution in [0, 0.1) is 11.6 Å². The van der Waals surface area contributed by atoms with E-state index in [0.29, 0.717) is 6.54 Å². The molecule has 0 atom stereocenters. The van der Waals surface area contributed by atoms with E-state index in [9.17, 15) is 4.79 Å². The zero-order valence-corrected chi connectivity index (χ0v) is 26.0. The van der Waals surface area contributed by atoms with Crippen LogP contribution < -0.4 is 5.73 Å². The Kier molecular flexibility index (Phi) is 53.1. The molecule has 0 bridgehead atoms. The van der Waals surface area contributed by atoms with Gasteiger partial charge in [-0.25, -0.2) is 14.6 Å². The lowest BCUT2D eigenvalue weighted by molar-refractivity contribution is -0.470. The lowest BCUT2D eigenvalue weighted by atomic mass is 10.5. The number of carbonyl (C=O) groups excluding carboxylic acids is 2. The lowest BCUT2D eigenvalue weighted by Gasteiger charge is -2.13. The number of hydrogen-bond acceptors (Lipinski definition) is 9. The number of halogens is 6. The monoisotopic (exact) mass is 640 g/mol. The van der Waals surface area contributed by atoms with Crippen molar-refractivity contribution < 1.29 is 30.7 Å². The Morgan fingerprint density at radius 2 is 1.32 bits per heavy atom. The average Bonchev–Trinajstić information content (AvgIpc) is 2.66. The quantitative estimate of drug-likeness (QED) is 0.138. The molecule has 0 aliphatic carbocycles. The summed E-state index contributed by atoms with van der Waals surface area (Å²) < 4.78 is 3.70. The summed E-state index contributed by atoms with van der Waals surface area (Å²) in [4.78, 5) is 25.2. The van der Waals surface area contributed by atoms with Gasteiger partial charge in [0.1, 0.15) is 0 Å². The lowest BCUT2D eigenvalue weighted by Crippen LogP contribution is -2.24. The Morgan fingerprint density at radius 1 is 1.00 bits per heavy atom. The van der Waals surface area contributed by atoms with Crippen molar-refractivity contribution in [2.45, 2.75) is 42.6 Å². The van der Waals surface area contributed by atoms with E-state index in [1.54, 1.807) is 6.92 Å². The Hall–Kier alpha value is 1.35. The summed E-state index contributed by atoms with van der Waals surface area (Å²) in [5.41, 5.74) is 4.85. The molecule has 0 aromatic heterocycles. The van der Waals surface area contributed by atoms with E-state index >= 15 is 0 Å². The largest absolute Gasteiger partial charge is 0.518 e. The van der Waals surface area contributed by atoms with Gasteiger partial charge >= 0.3 is 14.1 Å². The van der Waals surface area contributed by atoms with Crippen LogP contribution in [-0.4, -0.2) is 57.8 Å². The molecule has 0 aromatic carbocycles. The van der Waals surface area contributed by atoms with E-state index in [1.165, 1.54) is 25.7 Å². The maximum Gasteiger partial charge on any atom is 0.518 e. The number of alkyl halides is 6. The van der Waals surface area contributed by atoms with Crippen LogP contribution in [0.3, 0.4) is 0 Å². The molecule has 0 amide bonds. The molecule has 0 saturated carbocycles. The minimum Gasteiger partial charge on any atom is -0.382 e. The number of rotatable bonds is 4. The van der Waals surface area contributed by atoms with Gasteiger partial charge in [-0.05, 0) is 83.9 Å². The molecule has 188 valence electrons. The van der Waals surface area contributed by atoms with Crippen LogP contribution >= 0.6 is 74.0 Å². The van der Waals surface area contributed by atoms with Gasteiger partial charge in [0.2, 0.25) is 6.08 Å². The van der Waals surface area contributed by atoms with Crippen LogP contribution in [0.2, 0.25) is 0 Å². The first-order chi connectivity index (χ1) is 14.3. The van der Waals surface area contributed by atoms with E-state index in [0.717, 1.165) is 6.54 Å². The second kappa shape index (κ2) is 35.9. The molecule has 0 aromatic rings. The third-order valence-corrected chi connectivity index (χ3v) is 2.43. The fraction of sp³-hybridized carbons (Fsp3) is 0.857. The SMILES string of the molecule is CCN.CCN(CC)CC.CCN=C=O.O=C(OC(Cl)(Cl)Cl)OC(Cl)(Cl)[ClH+].P=S.P=S. The van der Waals surface area contributed by atoms with Gasteiger partial charge in [-0.3, -0.25) is 0 Å². The summed E-state index contributed by atoms with van der Waals surface area (Å²) in [5, 5.41) is 0. The van der Waals surface area contributed by atoms with Crippen LogP contribution in [0.5, 0.6) is 0 Å². The zero-order chi connectivity index (χ0) is 26.5. The van der Waals surface area contributed by atoms with E-state index in [2.05, 4.69) is 91.4 Å². The number of nitrogens with two attached hydrogens (primary N) is 1. The van der Waals surface area contributed by atoms with Gasteiger partial charge in [0, 0.05) is 29.7 Å². The van der Waals surface area contributed by atoms with Crippen molar-refractivity contribution in [1.29, 1.82) is 0 Å². The molecule has 0 aliphatic heterocycles. The molecule has 2 N–H and O–H groups in total. The first-order valence-corrected chi connectivity index (χ1v) is 13.8. The van der Waals surface area contributed by atoms with E-state index < -0.39 is 14.1 Å². The number of nitrogens with zero attached hydrogens (tertiary/aromatic N) is 2. The molecule has 17 heteroatoms. The molecule has 0 saturated heterocycles. The normalized spacial score (nSPS) is 8.94. The van der Waals surface area contributed by atoms with Gasteiger partial charge in [0.05, 0.1) is 0 Å². The van der Waals surface area contributed by atoms with Crippen LogP contribution in [-0.2, 0) is 37.9 Å². The molecule has 0 heterocycles. The average molecular weight is 643 g/mol. The number of isocyanates is 1. The number of carbonyl (C=O) groups is 1. The number of hydrogen-bond donors (Lipinski definition) is 1. The highest BCUT2D eigenvalue weighted by Gasteiger charge is 2.38. The predicted octanol–water partition coefficient (Wildman–Crippen LogP) is 5.68. The van der Waals surface area contributed by atoms with Crippen LogP contribution in [0.4, 0.5) is 4.79 Å². The van der Waals surface area contributed by atoms with E-state index in [-0.39, 0.29) is 0 Å². The number of aliphatic imine (C=N–C) groups is 1. The van der Waals surface area contributed by atoms with Gasteiger partial charge < -0.3 is 20.1 Å². The summed E-state index contributed by atoms with van der Waals surface area (Å²) >= 11 is 37.3. The Balaban J connectivity index is -0.0000000702. The highest BCUT2D eigenvalue weighted by molar-refractivity contribution is 7.89.